The van der Waals surface area contributed by atoms with Crippen molar-refractivity contribution in [1.29, 1.82) is 0 Å². The van der Waals surface area contributed by atoms with Gasteiger partial charge in [-0.25, -0.2) is 19.3 Å². The minimum absolute atomic E-state index is 0.361. The van der Waals surface area contributed by atoms with Gasteiger partial charge in [0.15, 0.2) is 17.2 Å². The number of halogens is 1. The summed E-state index contributed by atoms with van der Waals surface area (Å²) in [5.74, 6) is 1.45. The molecule has 0 spiro atoms. The molecule has 0 amide bonds. The monoisotopic (exact) mass is 628 g/mol. The second-order valence-corrected chi connectivity index (χ2v) is 11.1. The summed E-state index contributed by atoms with van der Waals surface area (Å²) in [6.07, 6.45) is 1.58. The molecule has 208 valence electrons. The molecular formula is C34H21BrN4O4. The molecule has 1 unspecified atom stereocenters. The fourth-order valence-corrected chi connectivity index (χ4v) is 5.75. The molecule has 9 heteroatoms. The zero-order valence-electron chi connectivity index (χ0n) is 22.5. The number of rotatable bonds is 5. The number of hydrogen-bond acceptors (Lipinski definition) is 7. The number of para-hydroxylation sites is 1. The molecule has 1 atom stereocenters. The number of fused-ring (bicyclic) bond motifs is 6. The lowest BCUT2D eigenvalue weighted by Gasteiger charge is -2.27. The average Bonchev–Trinajstić information content (AvgIpc) is 3.49. The maximum Gasteiger partial charge on any atom is 0.344 e. The minimum Gasteiger partial charge on any atom is -0.489 e. The van der Waals surface area contributed by atoms with Crippen molar-refractivity contribution in [3.8, 4) is 28.8 Å². The molecule has 1 aliphatic rings. The van der Waals surface area contributed by atoms with E-state index in [0.29, 0.717) is 57.6 Å². The average molecular weight is 629 g/mol. The third-order valence-corrected chi connectivity index (χ3v) is 8.05. The molecule has 0 saturated heterocycles. The summed E-state index contributed by atoms with van der Waals surface area (Å²) in [5, 5.41) is 5.38. The molecular weight excluding hydrogens is 608 g/mol. The molecule has 0 saturated carbocycles. The van der Waals surface area contributed by atoms with Gasteiger partial charge < -0.3 is 13.9 Å². The second kappa shape index (κ2) is 10.2. The van der Waals surface area contributed by atoms with Gasteiger partial charge in [-0.05, 0) is 47.5 Å². The Morgan fingerprint density at radius 3 is 2.44 bits per heavy atom. The number of benzene rings is 4. The van der Waals surface area contributed by atoms with Crippen LogP contribution >= 0.6 is 15.9 Å². The Bertz CT molecular complexity index is 2190. The van der Waals surface area contributed by atoms with Crippen LogP contribution in [0.1, 0.15) is 28.2 Å². The van der Waals surface area contributed by atoms with E-state index in [1.54, 1.807) is 16.9 Å². The van der Waals surface area contributed by atoms with Crippen LogP contribution in [0.3, 0.4) is 0 Å². The van der Waals surface area contributed by atoms with Crippen molar-refractivity contribution >= 4 is 32.5 Å². The van der Waals surface area contributed by atoms with Crippen LogP contribution in [0.5, 0.6) is 17.4 Å². The highest BCUT2D eigenvalue weighted by atomic mass is 79.9. The van der Waals surface area contributed by atoms with E-state index in [9.17, 15) is 4.79 Å². The molecule has 4 heterocycles. The van der Waals surface area contributed by atoms with Crippen molar-refractivity contribution in [2.24, 2.45) is 0 Å². The van der Waals surface area contributed by atoms with Crippen molar-refractivity contribution in [1.82, 2.24) is 19.6 Å². The first kappa shape index (κ1) is 25.4. The summed E-state index contributed by atoms with van der Waals surface area (Å²) >= 11 is 3.48. The molecule has 1 aliphatic heterocycles. The summed E-state index contributed by atoms with van der Waals surface area (Å²) in [7, 11) is 0. The normalized spacial score (nSPS) is 13.8. The zero-order chi connectivity index (χ0) is 28.9. The SMILES string of the molecule is O=c1oc2ccccc2c2c1C(c1ccc(OCc3ccccc3)cc1)c1c(ncn3nc(-c4ccc(Br)cc4)nc13)O2. The van der Waals surface area contributed by atoms with Gasteiger partial charge in [0.05, 0.1) is 22.4 Å². The van der Waals surface area contributed by atoms with Gasteiger partial charge in [-0.1, -0.05) is 82.7 Å². The first-order valence-electron chi connectivity index (χ1n) is 13.6. The highest BCUT2D eigenvalue weighted by Crippen LogP contribution is 2.49. The molecule has 0 fully saturated rings. The fraction of sp³-hybridized carbons (Fsp3) is 0.0588. The van der Waals surface area contributed by atoms with Crippen LogP contribution in [0.25, 0.3) is 28.0 Å². The van der Waals surface area contributed by atoms with Gasteiger partial charge in [-0.2, -0.15) is 0 Å². The molecule has 0 bridgehead atoms. The van der Waals surface area contributed by atoms with Crippen molar-refractivity contribution in [2.75, 3.05) is 0 Å². The number of hydrogen-bond donors (Lipinski definition) is 0. The van der Waals surface area contributed by atoms with Crippen molar-refractivity contribution in [3.05, 3.63) is 147 Å². The number of ether oxygens (including phenoxy) is 2. The quantitative estimate of drug-likeness (QED) is 0.182. The van der Waals surface area contributed by atoms with E-state index in [1.807, 2.05) is 97.1 Å². The topological polar surface area (TPSA) is 91.8 Å². The van der Waals surface area contributed by atoms with Crippen molar-refractivity contribution < 1.29 is 13.9 Å². The van der Waals surface area contributed by atoms with Crippen LogP contribution in [-0.2, 0) is 6.61 Å². The molecule has 8 nitrogen and oxygen atoms in total. The molecule has 3 aromatic heterocycles. The van der Waals surface area contributed by atoms with Crippen molar-refractivity contribution in [2.45, 2.75) is 12.5 Å². The summed E-state index contributed by atoms with van der Waals surface area (Å²) in [5.41, 5.74) is 4.27. The summed E-state index contributed by atoms with van der Waals surface area (Å²) in [4.78, 5) is 23.2. The van der Waals surface area contributed by atoms with E-state index < -0.39 is 11.5 Å². The van der Waals surface area contributed by atoms with E-state index >= 15 is 0 Å². The molecule has 7 aromatic rings. The zero-order valence-corrected chi connectivity index (χ0v) is 24.1. The highest BCUT2D eigenvalue weighted by molar-refractivity contribution is 9.10. The minimum atomic E-state index is -0.582. The largest absolute Gasteiger partial charge is 0.489 e. The Kier molecular flexibility index (Phi) is 6.04. The lowest BCUT2D eigenvalue weighted by Crippen LogP contribution is -2.22. The predicted molar refractivity (Wildman–Crippen MR) is 165 cm³/mol. The van der Waals surface area contributed by atoms with Gasteiger partial charge >= 0.3 is 5.63 Å². The lowest BCUT2D eigenvalue weighted by atomic mass is 9.84. The van der Waals surface area contributed by atoms with Crippen molar-refractivity contribution in [3.63, 3.8) is 0 Å². The number of aromatic nitrogens is 4. The van der Waals surface area contributed by atoms with E-state index in [4.69, 9.17) is 24.0 Å². The Morgan fingerprint density at radius 2 is 1.63 bits per heavy atom. The van der Waals surface area contributed by atoms with Gasteiger partial charge in [-0.15, -0.1) is 5.10 Å². The smallest absolute Gasteiger partial charge is 0.344 e. The Morgan fingerprint density at radius 1 is 0.860 bits per heavy atom. The molecule has 0 radical (unpaired) electrons. The van der Waals surface area contributed by atoms with Crippen LogP contribution < -0.4 is 15.1 Å². The van der Waals surface area contributed by atoms with E-state index in [2.05, 4.69) is 20.9 Å². The van der Waals surface area contributed by atoms with E-state index in [-0.39, 0.29) is 0 Å². The van der Waals surface area contributed by atoms with Crippen LogP contribution in [0.4, 0.5) is 0 Å². The molecule has 4 aromatic carbocycles. The van der Waals surface area contributed by atoms with Gasteiger partial charge in [0.25, 0.3) is 0 Å². The number of nitrogens with zero attached hydrogens (tertiary/aromatic N) is 4. The lowest BCUT2D eigenvalue weighted by molar-refractivity contribution is 0.306. The third kappa shape index (κ3) is 4.45. The summed E-state index contributed by atoms with van der Waals surface area (Å²) < 4.78 is 20.8. The molecule has 8 rings (SSSR count). The Labute approximate surface area is 253 Å². The summed E-state index contributed by atoms with van der Waals surface area (Å²) in [6.45, 7) is 0.446. The Balaban J connectivity index is 1.29. The van der Waals surface area contributed by atoms with Crippen LogP contribution in [0.15, 0.2) is 123 Å². The molecule has 43 heavy (non-hydrogen) atoms. The molecule has 0 aliphatic carbocycles. The maximum atomic E-state index is 13.7. The standard InChI is InChI=1S/C34H21BrN4O4/c35-23-14-10-22(11-15-23)31-37-32-29-27(21-12-16-24(17-13-21)41-18-20-6-2-1-3-7-20)28-30(43-33(29)36-19-39(32)38-31)25-8-4-5-9-26(25)42-34(28)40/h1-17,19,27H,18H2. The first-order chi connectivity index (χ1) is 21.1. The van der Waals surface area contributed by atoms with Gasteiger partial charge in [0, 0.05) is 10.0 Å². The fourth-order valence-electron chi connectivity index (χ4n) is 5.48. The first-order valence-corrected chi connectivity index (χ1v) is 14.4. The molecule has 0 N–H and O–H groups in total. The second-order valence-electron chi connectivity index (χ2n) is 10.2. The third-order valence-electron chi connectivity index (χ3n) is 7.53. The van der Waals surface area contributed by atoms with Gasteiger partial charge in [0.2, 0.25) is 5.88 Å². The Hall–Kier alpha value is -5.28. The maximum absolute atomic E-state index is 13.7. The predicted octanol–water partition coefficient (Wildman–Crippen LogP) is 7.53. The van der Waals surface area contributed by atoms with Gasteiger partial charge in [0.1, 0.15) is 24.3 Å². The van der Waals surface area contributed by atoms with E-state index in [0.717, 1.165) is 21.2 Å². The van der Waals surface area contributed by atoms with Crippen LogP contribution in [0, 0.1) is 0 Å². The summed E-state index contributed by atoms with van der Waals surface area (Å²) in [6, 6.07) is 32.8. The van der Waals surface area contributed by atoms with Crippen LogP contribution in [-0.4, -0.2) is 19.6 Å². The highest BCUT2D eigenvalue weighted by Gasteiger charge is 2.37. The van der Waals surface area contributed by atoms with Crippen LogP contribution in [0.2, 0.25) is 0 Å². The van der Waals surface area contributed by atoms with Gasteiger partial charge in [-0.3, -0.25) is 0 Å². The van der Waals surface area contributed by atoms with E-state index in [1.165, 1.54) is 0 Å².